The first-order valence-corrected chi connectivity index (χ1v) is 10.2. The van der Waals surface area contributed by atoms with E-state index in [1.54, 1.807) is 0 Å². The van der Waals surface area contributed by atoms with Gasteiger partial charge in [0.05, 0.1) is 12.0 Å². The number of aryl methyl sites for hydroxylation is 1. The first-order chi connectivity index (χ1) is 13.2. The van der Waals surface area contributed by atoms with Crippen molar-refractivity contribution in [2.24, 2.45) is 5.41 Å². The van der Waals surface area contributed by atoms with Gasteiger partial charge in [0.1, 0.15) is 0 Å². The maximum absolute atomic E-state index is 12.8. The fourth-order valence-electron chi connectivity index (χ4n) is 4.01. The molecule has 0 aromatic heterocycles. The molecule has 2 aromatic rings. The van der Waals surface area contributed by atoms with Crippen molar-refractivity contribution in [2.75, 3.05) is 26.2 Å². The molecule has 2 aromatic carbocycles. The third-order valence-corrected chi connectivity index (χ3v) is 5.82. The summed E-state index contributed by atoms with van der Waals surface area (Å²) in [6.07, 6.45) is 4.67. The van der Waals surface area contributed by atoms with Gasteiger partial charge in [0.25, 0.3) is 0 Å². The Morgan fingerprint density at radius 1 is 0.926 bits per heavy atom. The molecule has 0 bridgehead atoms. The molecule has 144 valence electrons. The van der Waals surface area contributed by atoms with Gasteiger partial charge < -0.3 is 9.64 Å². The summed E-state index contributed by atoms with van der Waals surface area (Å²) in [5.41, 5.74) is 2.35. The highest BCUT2D eigenvalue weighted by molar-refractivity contribution is 5.77. The molecule has 3 heteroatoms. The van der Waals surface area contributed by atoms with Crippen LogP contribution in [0.4, 0.5) is 0 Å². The van der Waals surface area contributed by atoms with Gasteiger partial charge in [0, 0.05) is 6.54 Å². The number of ether oxygens (including phenoxy) is 1. The number of hydrogen-bond acceptors (Lipinski definition) is 3. The summed E-state index contributed by atoms with van der Waals surface area (Å²) in [7, 11) is 0. The molecule has 1 heterocycles. The van der Waals surface area contributed by atoms with Crippen molar-refractivity contribution in [2.45, 2.75) is 39.0 Å². The Hall–Kier alpha value is -2.13. The second kappa shape index (κ2) is 9.70. The normalized spacial score (nSPS) is 16.8. The van der Waals surface area contributed by atoms with E-state index in [4.69, 9.17) is 4.74 Å². The topological polar surface area (TPSA) is 29.5 Å². The van der Waals surface area contributed by atoms with Crippen molar-refractivity contribution >= 4 is 5.97 Å². The molecule has 1 aliphatic heterocycles. The van der Waals surface area contributed by atoms with E-state index < -0.39 is 0 Å². The van der Waals surface area contributed by atoms with Gasteiger partial charge in [-0.15, -0.1) is 0 Å². The number of hydrogen-bond donors (Lipinski definition) is 0. The Balaban J connectivity index is 1.57. The summed E-state index contributed by atoms with van der Waals surface area (Å²) in [6, 6.07) is 21.1. The molecule has 0 aliphatic carbocycles. The number of piperidine rings is 1. The van der Waals surface area contributed by atoms with E-state index >= 15 is 0 Å². The summed E-state index contributed by atoms with van der Waals surface area (Å²) in [4.78, 5) is 15.3. The molecular weight excluding hydrogens is 334 g/mol. The fraction of sp³-hybridized carbons (Fsp3) is 0.458. The molecule has 0 amide bonds. The van der Waals surface area contributed by atoms with Crippen molar-refractivity contribution in [3.8, 4) is 0 Å². The fourth-order valence-corrected chi connectivity index (χ4v) is 4.01. The van der Waals surface area contributed by atoms with Crippen LogP contribution in [-0.2, 0) is 22.4 Å². The minimum Gasteiger partial charge on any atom is -0.466 e. The quantitative estimate of drug-likeness (QED) is 0.645. The van der Waals surface area contributed by atoms with Crippen LogP contribution in [0.1, 0.15) is 37.3 Å². The molecule has 0 unspecified atom stereocenters. The van der Waals surface area contributed by atoms with Crippen molar-refractivity contribution in [3.63, 3.8) is 0 Å². The largest absolute Gasteiger partial charge is 0.466 e. The van der Waals surface area contributed by atoms with Crippen LogP contribution in [0.25, 0.3) is 0 Å². The summed E-state index contributed by atoms with van der Waals surface area (Å²) in [5, 5.41) is 0. The van der Waals surface area contributed by atoms with E-state index in [1.165, 1.54) is 11.1 Å². The van der Waals surface area contributed by atoms with Crippen LogP contribution in [0.15, 0.2) is 60.7 Å². The molecule has 1 saturated heterocycles. The molecule has 1 fully saturated rings. The Morgan fingerprint density at radius 3 is 2.04 bits per heavy atom. The lowest BCUT2D eigenvalue weighted by Gasteiger charge is -2.40. The molecule has 3 rings (SSSR count). The SMILES string of the molecule is CCOC(=O)C1(CCc2ccccc2)CCN(CCc2ccccc2)CC1. The molecule has 1 aliphatic rings. The lowest BCUT2D eigenvalue weighted by Crippen LogP contribution is -2.46. The minimum absolute atomic E-state index is 0.00337. The van der Waals surface area contributed by atoms with Gasteiger partial charge in [-0.3, -0.25) is 4.79 Å². The van der Waals surface area contributed by atoms with Crippen LogP contribution >= 0.6 is 0 Å². The van der Waals surface area contributed by atoms with E-state index in [-0.39, 0.29) is 11.4 Å². The smallest absolute Gasteiger partial charge is 0.312 e. The van der Waals surface area contributed by atoms with E-state index in [0.29, 0.717) is 6.61 Å². The number of carbonyl (C=O) groups excluding carboxylic acids is 1. The van der Waals surface area contributed by atoms with Gasteiger partial charge in [-0.1, -0.05) is 60.7 Å². The Kier molecular flexibility index (Phi) is 7.05. The van der Waals surface area contributed by atoms with Crippen LogP contribution in [0, 0.1) is 5.41 Å². The predicted octanol–water partition coefficient (Wildman–Crippen LogP) is 4.51. The predicted molar refractivity (Wildman–Crippen MR) is 110 cm³/mol. The first-order valence-electron chi connectivity index (χ1n) is 10.2. The summed E-state index contributed by atoms with van der Waals surface area (Å²) in [5.74, 6) is 0.00337. The number of esters is 1. The van der Waals surface area contributed by atoms with Gasteiger partial charge in [-0.2, -0.15) is 0 Å². The highest BCUT2D eigenvalue weighted by atomic mass is 16.5. The van der Waals surface area contributed by atoms with E-state index in [0.717, 1.165) is 51.7 Å². The number of carbonyl (C=O) groups is 1. The van der Waals surface area contributed by atoms with E-state index in [9.17, 15) is 4.79 Å². The minimum atomic E-state index is -0.324. The zero-order valence-corrected chi connectivity index (χ0v) is 16.4. The maximum atomic E-state index is 12.8. The molecule has 0 saturated carbocycles. The Labute approximate surface area is 163 Å². The van der Waals surface area contributed by atoms with Gasteiger partial charge in [-0.05, 0) is 63.2 Å². The summed E-state index contributed by atoms with van der Waals surface area (Å²) in [6.45, 7) is 5.36. The third-order valence-electron chi connectivity index (χ3n) is 5.82. The maximum Gasteiger partial charge on any atom is 0.312 e. The van der Waals surface area contributed by atoms with Gasteiger partial charge in [0.2, 0.25) is 0 Å². The van der Waals surface area contributed by atoms with Crippen molar-refractivity contribution in [3.05, 3.63) is 71.8 Å². The molecule has 0 radical (unpaired) electrons. The van der Waals surface area contributed by atoms with Crippen molar-refractivity contribution in [1.82, 2.24) is 4.90 Å². The van der Waals surface area contributed by atoms with E-state index in [2.05, 4.69) is 59.5 Å². The molecular formula is C24H31NO2. The highest BCUT2D eigenvalue weighted by Crippen LogP contribution is 2.37. The Bertz CT molecular complexity index is 691. The van der Waals surface area contributed by atoms with E-state index in [1.807, 2.05) is 13.0 Å². The van der Waals surface area contributed by atoms with Crippen LogP contribution in [0.5, 0.6) is 0 Å². The second-order valence-electron chi connectivity index (χ2n) is 7.56. The monoisotopic (exact) mass is 365 g/mol. The lowest BCUT2D eigenvalue weighted by atomic mass is 9.74. The van der Waals surface area contributed by atoms with Gasteiger partial charge in [0.15, 0.2) is 0 Å². The van der Waals surface area contributed by atoms with Crippen molar-refractivity contribution < 1.29 is 9.53 Å². The molecule has 27 heavy (non-hydrogen) atoms. The summed E-state index contributed by atoms with van der Waals surface area (Å²) < 4.78 is 5.48. The standard InChI is InChI=1S/C24H31NO2/c1-2-27-23(26)24(15-13-21-9-5-3-6-10-21)16-19-25(20-17-24)18-14-22-11-7-4-8-12-22/h3-12H,2,13-20H2,1H3. The van der Waals surface area contributed by atoms with Crippen molar-refractivity contribution in [1.29, 1.82) is 0 Å². The number of nitrogens with zero attached hydrogens (tertiary/aromatic N) is 1. The zero-order valence-electron chi connectivity index (χ0n) is 16.4. The lowest BCUT2D eigenvalue weighted by molar-refractivity contribution is -0.159. The molecule has 3 nitrogen and oxygen atoms in total. The number of benzene rings is 2. The Morgan fingerprint density at radius 2 is 1.48 bits per heavy atom. The number of rotatable bonds is 8. The molecule has 0 N–H and O–H groups in total. The molecule has 0 spiro atoms. The number of likely N-dealkylation sites (tertiary alicyclic amines) is 1. The average molecular weight is 366 g/mol. The molecule has 0 atom stereocenters. The third kappa shape index (κ3) is 5.43. The van der Waals surface area contributed by atoms with Crippen LogP contribution in [0.2, 0.25) is 0 Å². The van der Waals surface area contributed by atoms with Crippen LogP contribution in [0.3, 0.4) is 0 Å². The van der Waals surface area contributed by atoms with Crippen LogP contribution < -0.4 is 0 Å². The van der Waals surface area contributed by atoms with Gasteiger partial charge in [-0.25, -0.2) is 0 Å². The zero-order chi connectivity index (χ0) is 19.0. The summed E-state index contributed by atoms with van der Waals surface area (Å²) >= 11 is 0. The second-order valence-corrected chi connectivity index (χ2v) is 7.56. The first kappa shape index (κ1) is 19.6. The van der Waals surface area contributed by atoms with Crippen LogP contribution in [-0.4, -0.2) is 37.1 Å². The highest BCUT2D eigenvalue weighted by Gasteiger charge is 2.42. The average Bonchev–Trinajstić information content (AvgIpc) is 2.73. The van der Waals surface area contributed by atoms with Gasteiger partial charge >= 0.3 is 5.97 Å².